The number of nitrogens with one attached hydrogen (secondary N) is 1. The van der Waals surface area contributed by atoms with Gasteiger partial charge in [-0.1, -0.05) is 27.2 Å². The van der Waals surface area contributed by atoms with Crippen LogP contribution in [0, 0.1) is 4.77 Å². The normalized spacial score (nSPS) is 11.2. The highest BCUT2D eigenvalue weighted by molar-refractivity contribution is 7.71. The summed E-state index contributed by atoms with van der Waals surface area (Å²) >= 11 is 5.53. The standard InChI is InChI=1S/C23H30N4O3S/c1-6-7-10-26(4)18-11-15(8-9-21(18)30-5)27-22(24-25-23(27)31)17-12-16(14(2)3)19(28)13-20(17)29/h8-9,11-14,28-29H,6-7,10H2,1-5H3,(H,25,31)/p+1. The highest BCUT2D eigenvalue weighted by atomic mass is 32.1. The molecule has 0 amide bonds. The number of aromatic amines is 1. The molecule has 0 aliphatic rings. The average molecular weight is 444 g/mol. The van der Waals surface area contributed by atoms with Crippen molar-refractivity contribution in [3.8, 4) is 34.3 Å². The Bertz CT molecular complexity index is 1120. The van der Waals surface area contributed by atoms with E-state index in [0.29, 0.717) is 21.9 Å². The lowest BCUT2D eigenvalue weighted by atomic mass is 9.98. The summed E-state index contributed by atoms with van der Waals surface area (Å²) < 4.78 is 7.80. The smallest absolute Gasteiger partial charge is 0.261 e. The molecule has 2 aromatic carbocycles. The number of phenolic OH excluding ortho intramolecular Hbond substituents is 1. The van der Waals surface area contributed by atoms with E-state index in [1.807, 2.05) is 45.2 Å². The molecular formula is C23H31N4O3S+. The first-order valence-electron chi connectivity index (χ1n) is 10.4. The van der Waals surface area contributed by atoms with Crippen LogP contribution in [0.5, 0.6) is 17.2 Å². The van der Waals surface area contributed by atoms with E-state index in [4.69, 9.17) is 22.1 Å². The molecule has 0 saturated heterocycles. The Kier molecular flexibility index (Phi) is 6.90. The maximum atomic E-state index is 10.6. The highest BCUT2D eigenvalue weighted by Crippen LogP contribution is 2.38. The highest BCUT2D eigenvalue weighted by Gasteiger charge is 2.21. The number of anilines is 1. The molecule has 0 fully saturated rings. The third-order valence-corrected chi connectivity index (χ3v) is 5.66. The van der Waals surface area contributed by atoms with Crippen LogP contribution in [0.1, 0.15) is 45.1 Å². The number of unbranched alkanes of at least 4 members (excludes halogenated alkanes) is 1. The third-order valence-electron chi connectivity index (χ3n) is 5.38. The summed E-state index contributed by atoms with van der Waals surface area (Å²) in [7, 11) is 3.70. The van der Waals surface area contributed by atoms with Gasteiger partial charge in [-0.15, -0.1) is 0 Å². The second-order valence-corrected chi connectivity index (χ2v) is 8.32. The first-order valence-corrected chi connectivity index (χ1v) is 10.8. The van der Waals surface area contributed by atoms with E-state index in [1.165, 1.54) is 6.07 Å². The molecule has 0 radical (unpaired) electrons. The summed E-state index contributed by atoms with van der Waals surface area (Å²) in [6.07, 6.45) is 2.18. The number of phenols is 1. The number of benzene rings is 2. The molecule has 0 spiro atoms. The zero-order valence-corrected chi connectivity index (χ0v) is 19.5. The van der Waals surface area contributed by atoms with Crippen LogP contribution in [0.25, 0.3) is 17.1 Å². The molecule has 0 unspecified atom stereocenters. The van der Waals surface area contributed by atoms with Crippen LogP contribution in [-0.4, -0.2) is 45.7 Å². The van der Waals surface area contributed by atoms with E-state index in [9.17, 15) is 5.11 Å². The van der Waals surface area contributed by atoms with E-state index >= 15 is 0 Å². The Labute approximate surface area is 187 Å². The van der Waals surface area contributed by atoms with E-state index in [1.54, 1.807) is 11.7 Å². The van der Waals surface area contributed by atoms with E-state index in [0.717, 1.165) is 42.1 Å². The molecule has 31 heavy (non-hydrogen) atoms. The van der Waals surface area contributed by atoms with Crippen LogP contribution in [-0.2, 0) is 0 Å². The number of aromatic hydroxyl groups is 1. The van der Waals surface area contributed by atoms with Crippen LogP contribution in [0.2, 0.25) is 0 Å². The molecule has 8 heteroatoms. The van der Waals surface area contributed by atoms with Crippen molar-refractivity contribution < 1.29 is 14.9 Å². The second-order valence-electron chi connectivity index (χ2n) is 7.93. The lowest BCUT2D eigenvalue weighted by molar-refractivity contribution is 0.414. The fourth-order valence-electron chi connectivity index (χ4n) is 3.61. The number of methoxy groups -OCH3 is 1. The zero-order valence-electron chi connectivity index (χ0n) is 18.7. The topological polar surface area (TPSA) is 89.2 Å². The fourth-order valence-corrected chi connectivity index (χ4v) is 3.85. The molecule has 3 aromatic rings. The Morgan fingerprint density at radius 1 is 1.29 bits per heavy atom. The van der Waals surface area contributed by atoms with Gasteiger partial charge in [-0.3, -0.25) is 9.67 Å². The zero-order chi connectivity index (χ0) is 22.7. The summed E-state index contributed by atoms with van der Waals surface area (Å²) in [5.41, 5.74) is 3.14. The average Bonchev–Trinajstić information content (AvgIpc) is 3.12. The van der Waals surface area contributed by atoms with Gasteiger partial charge in [-0.05, 0) is 48.8 Å². The largest absolute Gasteiger partial charge is 0.593 e. The van der Waals surface area contributed by atoms with Crippen molar-refractivity contribution in [1.29, 1.82) is 0 Å². The van der Waals surface area contributed by atoms with Crippen LogP contribution < -0.4 is 9.64 Å². The van der Waals surface area contributed by atoms with Crippen LogP contribution in [0.4, 0.5) is 5.69 Å². The van der Waals surface area contributed by atoms with Crippen molar-refractivity contribution in [3.05, 3.63) is 40.7 Å². The molecule has 166 valence electrons. The van der Waals surface area contributed by atoms with Gasteiger partial charge < -0.3 is 19.8 Å². The minimum Gasteiger partial charge on any atom is -0.593 e. The molecule has 0 saturated carbocycles. The van der Waals surface area contributed by atoms with Crippen LogP contribution >= 0.6 is 12.2 Å². The SMILES string of the molecule is CCCCN(C)c1cc(-n2c(-c3cc(C(C)C)c([OH2+])cc3O)n[nH]c2=S)ccc1OC. The summed E-state index contributed by atoms with van der Waals surface area (Å²) in [5, 5.41) is 26.0. The fraction of sp³-hybridized carbons (Fsp3) is 0.391. The number of hydrogen-bond acceptors (Lipinski definition) is 5. The van der Waals surface area contributed by atoms with Gasteiger partial charge in [0.05, 0.1) is 35.7 Å². The first kappa shape index (κ1) is 22.7. The van der Waals surface area contributed by atoms with Gasteiger partial charge in [0.15, 0.2) is 10.6 Å². The molecular weight excluding hydrogens is 412 g/mol. The van der Waals surface area contributed by atoms with Gasteiger partial charge in [-0.2, -0.15) is 5.10 Å². The third kappa shape index (κ3) is 4.54. The van der Waals surface area contributed by atoms with Crippen molar-refractivity contribution in [3.63, 3.8) is 0 Å². The van der Waals surface area contributed by atoms with E-state index in [2.05, 4.69) is 22.0 Å². The van der Waals surface area contributed by atoms with Gasteiger partial charge in [0, 0.05) is 13.6 Å². The molecule has 3 rings (SSSR count). The summed E-state index contributed by atoms with van der Waals surface area (Å²) in [6, 6.07) is 9.14. The van der Waals surface area contributed by atoms with Gasteiger partial charge >= 0.3 is 0 Å². The number of ether oxygens (including phenoxy) is 1. The number of rotatable bonds is 8. The molecule has 1 aromatic heterocycles. The maximum Gasteiger partial charge on any atom is 0.261 e. The molecule has 4 N–H and O–H groups in total. The molecule has 0 bridgehead atoms. The summed E-state index contributed by atoms with van der Waals surface area (Å²) in [4.78, 5) is 2.17. The van der Waals surface area contributed by atoms with Crippen molar-refractivity contribution in [1.82, 2.24) is 14.8 Å². The maximum absolute atomic E-state index is 10.6. The number of H-pyrrole nitrogens is 1. The minimum atomic E-state index is -0.00144. The predicted molar refractivity (Wildman–Crippen MR) is 128 cm³/mol. The van der Waals surface area contributed by atoms with Crippen LogP contribution in [0.3, 0.4) is 0 Å². The Morgan fingerprint density at radius 3 is 2.68 bits per heavy atom. The van der Waals surface area contributed by atoms with Crippen molar-refractivity contribution in [2.45, 2.75) is 39.5 Å². The lowest BCUT2D eigenvalue weighted by Crippen LogP contribution is -2.19. The van der Waals surface area contributed by atoms with E-state index < -0.39 is 0 Å². The quantitative estimate of drug-likeness (QED) is 0.373. The second kappa shape index (κ2) is 9.43. The Hall–Kier alpha value is -3.00. The number of aromatic nitrogens is 3. The van der Waals surface area contributed by atoms with Gasteiger partial charge in [0.1, 0.15) is 11.5 Å². The summed E-state index contributed by atoms with van der Waals surface area (Å²) in [6.45, 7) is 7.11. The van der Waals surface area contributed by atoms with Gasteiger partial charge in [0.2, 0.25) is 0 Å². The van der Waals surface area contributed by atoms with E-state index in [-0.39, 0.29) is 11.7 Å². The lowest BCUT2D eigenvalue weighted by Gasteiger charge is -2.22. The number of nitrogens with zero attached hydrogens (tertiary/aromatic N) is 3. The number of hydrogen-bond donors (Lipinski definition) is 2. The van der Waals surface area contributed by atoms with Crippen molar-refractivity contribution in [2.75, 3.05) is 25.6 Å². The van der Waals surface area contributed by atoms with Gasteiger partial charge in [0.25, 0.3) is 5.75 Å². The first-order chi connectivity index (χ1) is 14.8. The molecule has 1 heterocycles. The summed E-state index contributed by atoms with van der Waals surface area (Å²) in [5.74, 6) is 1.72. The minimum absolute atomic E-state index is 0.00144. The molecule has 7 nitrogen and oxygen atoms in total. The molecule has 0 aliphatic heterocycles. The molecule has 0 aliphatic carbocycles. The van der Waals surface area contributed by atoms with Crippen molar-refractivity contribution in [2.24, 2.45) is 0 Å². The van der Waals surface area contributed by atoms with Crippen LogP contribution in [0.15, 0.2) is 30.3 Å². The predicted octanol–water partition coefficient (Wildman–Crippen LogP) is 5.11. The Balaban J connectivity index is 2.16. The Morgan fingerprint density at radius 2 is 2.03 bits per heavy atom. The monoisotopic (exact) mass is 443 g/mol. The van der Waals surface area contributed by atoms with Gasteiger partial charge in [-0.25, -0.2) is 0 Å². The molecule has 0 atom stereocenters. The van der Waals surface area contributed by atoms with Crippen molar-refractivity contribution >= 4 is 17.9 Å².